The normalized spacial score (nSPS) is 15.9. The molecule has 0 spiro atoms. The van der Waals surface area contributed by atoms with E-state index in [4.69, 9.17) is 5.11 Å². The maximum atomic E-state index is 12.2. The van der Waals surface area contributed by atoms with Gasteiger partial charge in [-0.15, -0.1) is 0 Å². The lowest BCUT2D eigenvalue weighted by atomic mass is 10.2. The molecule has 1 fully saturated rings. The predicted molar refractivity (Wildman–Crippen MR) is 79.0 cm³/mol. The lowest BCUT2D eigenvalue weighted by molar-refractivity contribution is -0.142. The molecule has 1 heterocycles. The molecule has 0 radical (unpaired) electrons. The minimum absolute atomic E-state index is 0.0916. The molecule has 21 heavy (non-hydrogen) atoms. The van der Waals surface area contributed by atoms with Gasteiger partial charge < -0.3 is 15.0 Å². The average Bonchev–Trinajstić information content (AvgIpc) is 3.22. The molecule has 1 amide bonds. The third-order valence-electron chi connectivity index (χ3n) is 4.00. The van der Waals surface area contributed by atoms with Gasteiger partial charge in [-0.1, -0.05) is 18.2 Å². The number of aliphatic carboxylic acids is 1. The van der Waals surface area contributed by atoms with Crippen molar-refractivity contribution in [2.24, 2.45) is 5.92 Å². The first-order valence-corrected chi connectivity index (χ1v) is 7.13. The Hall–Kier alpha value is -2.30. The second kappa shape index (κ2) is 5.24. The van der Waals surface area contributed by atoms with Crippen LogP contribution in [-0.4, -0.2) is 27.6 Å². The van der Waals surface area contributed by atoms with E-state index in [0.29, 0.717) is 0 Å². The van der Waals surface area contributed by atoms with Gasteiger partial charge in [0.2, 0.25) is 5.91 Å². The molecule has 1 aliphatic carbocycles. The lowest BCUT2D eigenvalue weighted by Gasteiger charge is -2.15. The number of amides is 1. The number of aromatic nitrogens is 1. The van der Waals surface area contributed by atoms with Crippen LogP contribution in [0, 0.1) is 12.8 Å². The summed E-state index contributed by atoms with van der Waals surface area (Å²) >= 11 is 0. The molecular weight excluding hydrogens is 268 g/mol. The van der Waals surface area contributed by atoms with Crippen LogP contribution in [0.5, 0.6) is 0 Å². The average molecular weight is 286 g/mol. The number of nitrogens with zero attached hydrogens (tertiary/aromatic N) is 1. The third-order valence-corrected chi connectivity index (χ3v) is 4.00. The summed E-state index contributed by atoms with van der Waals surface area (Å²) in [6, 6.07) is 9.13. The van der Waals surface area contributed by atoms with Gasteiger partial charge in [-0.25, -0.2) is 4.79 Å². The van der Waals surface area contributed by atoms with E-state index in [0.717, 1.165) is 29.4 Å². The van der Waals surface area contributed by atoms with Gasteiger partial charge in [-0.2, -0.15) is 0 Å². The van der Waals surface area contributed by atoms with Crippen molar-refractivity contribution in [2.75, 3.05) is 0 Å². The molecule has 5 heteroatoms. The number of para-hydroxylation sites is 1. The van der Waals surface area contributed by atoms with Crippen molar-refractivity contribution in [3.8, 4) is 0 Å². The number of hydrogen-bond acceptors (Lipinski definition) is 2. The summed E-state index contributed by atoms with van der Waals surface area (Å²) in [6.07, 6.45) is 1.76. The maximum Gasteiger partial charge on any atom is 0.326 e. The summed E-state index contributed by atoms with van der Waals surface area (Å²) in [5.41, 5.74) is 1.98. The van der Waals surface area contributed by atoms with Crippen molar-refractivity contribution in [2.45, 2.75) is 32.4 Å². The highest BCUT2D eigenvalue weighted by molar-refractivity contribution is 5.86. The molecule has 1 aliphatic rings. The largest absolute Gasteiger partial charge is 0.480 e. The van der Waals surface area contributed by atoms with Gasteiger partial charge in [0.15, 0.2) is 0 Å². The van der Waals surface area contributed by atoms with E-state index in [1.807, 2.05) is 41.8 Å². The van der Waals surface area contributed by atoms with Crippen LogP contribution in [0.1, 0.15) is 18.5 Å². The third kappa shape index (κ3) is 2.77. The second-order valence-corrected chi connectivity index (χ2v) is 5.65. The number of aryl methyl sites for hydroxylation is 1. The Labute approximate surface area is 122 Å². The highest BCUT2D eigenvalue weighted by atomic mass is 16.4. The number of carbonyl (C=O) groups is 2. The van der Waals surface area contributed by atoms with Crippen LogP contribution < -0.4 is 5.32 Å². The molecule has 1 aromatic carbocycles. The summed E-state index contributed by atoms with van der Waals surface area (Å²) in [5, 5.41) is 12.9. The molecule has 110 valence electrons. The lowest BCUT2D eigenvalue weighted by Crippen LogP contribution is -2.43. The number of hydrogen-bond donors (Lipinski definition) is 2. The SMILES string of the molecule is Cc1cc2ccccc2n1CC(=O)NC(C(=O)O)C1CC1. The Balaban J connectivity index is 1.77. The summed E-state index contributed by atoms with van der Waals surface area (Å²) in [7, 11) is 0. The Kier molecular flexibility index (Phi) is 3.41. The maximum absolute atomic E-state index is 12.2. The zero-order chi connectivity index (χ0) is 15.0. The Morgan fingerprint density at radius 2 is 2.10 bits per heavy atom. The fourth-order valence-electron chi connectivity index (χ4n) is 2.73. The molecule has 0 aliphatic heterocycles. The molecule has 0 bridgehead atoms. The van der Waals surface area contributed by atoms with Crippen molar-refractivity contribution in [3.63, 3.8) is 0 Å². The van der Waals surface area contributed by atoms with Gasteiger partial charge in [0, 0.05) is 11.2 Å². The Morgan fingerprint density at radius 3 is 2.76 bits per heavy atom. The van der Waals surface area contributed by atoms with E-state index in [9.17, 15) is 9.59 Å². The number of carboxylic acid groups (broad SMARTS) is 1. The van der Waals surface area contributed by atoms with E-state index in [1.165, 1.54) is 0 Å². The predicted octanol–water partition coefficient (Wildman–Crippen LogP) is 1.93. The first-order chi connectivity index (χ1) is 10.1. The molecule has 1 unspecified atom stereocenters. The number of nitrogens with one attached hydrogen (secondary N) is 1. The van der Waals surface area contributed by atoms with E-state index in [1.54, 1.807) is 0 Å². The van der Waals surface area contributed by atoms with E-state index in [2.05, 4.69) is 5.32 Å². The standard InChI is InChI=1S/C16H18N2O3/c1-10-8-12-4-2-3-5-13(12)18(10)9-14(19)17-15(16(20)21)11-6-7-11/h2-5,8,11,15H,6-7,9H2,1H3,(H,17,19)(H,20,21). The second-order valence-electron chi connectivity index (χ2n) is 5.65. The highest BCUT2D eigenvalue weighted by Crippen LogP contribution is 2.32. The van der Waals surface area contributed by atoms with Crippen molar-refractivity contribution in [1.29, 1.82) is 0 Å². The first-order valence-electron chi connectivity index (χ1n) is 7.13. The van der Waals surface area contributed by atoms with Crippen LogP contribution in [0.4, 0.5) is 0 Å². The minimum Gasteiger partial charge on any atom is -0.480 e. The summed E-state index contributed by atoms with van der Waals surface area (Å²) < 4.78 is 1.91. The van der Waals surface area contributed by atoms with Crippen molar-refractivity contribution >= 4 is 22.8 Å². The fourth-order valence-corrected chi connectivity index (χ4v) is 2.73. The quantitative estimate of drug-likeness (QED) is 0.882. The molecule has 2 N–H and O–H groups in total. The Morgan fingerprint density at radius 1 is 1.38 bits per heavy atom. The van der Waals surface area contributed by atoms with E-state index >= 15 is 0 Å². The number of carboxylic acids is 1. The van der Waals surface area contributed by atoms with Gasteiger partial charge in [0.05, 0.1) is 0 Å². The molecule has 1 atom stereocenters. The van der Waals surface area contributed by atoms with Crippen molar-refractivity contribution in [1.82, 2.24) is 9.88 Å². The molecule has 2 aromatic rings. The van der Waals surface area contributed by atoms with Gasteiger partial charge in [-0.3, -0.25) is 4.79 Å². The van der Waals surface area contributed by atoms with Crippen LogP contribution in [-0.2, 0) is 16.1 Å². The van der Waals surface area contributed by atoms with Gasteiger partial charge in [-0.05, 0) is 43.2 Å². The van der Waals surface area contributed by atoms with Crippen LogP contribution in [0.25, 0.3) is 10.9 Å². The number of benzene rings is 1. The number of rotatable bonds is 5. The smallest absolute Gasteiger partial charge is 0.326 e. The molecule has 0 saturated heterocycles. The van der Waals surface area contributed by atoms with Crippen molar-refractivity contribution < 1.29 is 14.7 Å². The summed E-state index contributed by atoms with van der Waals surface area (Å²) in [5.74, 6) is -1.10. The first kappa shape index (κ1) is 13.7. The number of fused-ring (bicyclic) bond motifs is 1. The zero-order valence-corrected chi connectivity index (χ0v) is 11.9. The highest BCUT2D eigenvalue weighted by Gasteiger charge is 2.37. The van der Waals surface area contributed by atoms with Gasteiger partial charge in [0.1, 0.15) is 12.6 Å². The molecule has 5 nitrogen and oxygen atoms in total. The van der Waals surface area contributed by atoms with Crippen molar-refractivity contribution in [3.05, 3.63) is 36.0 Å². The van der Waals surface area contributed by atoms with Gasteiger partial charge >= 0.3 is 5.97 Å². The topological polar surface area (TPSA) is 71.3 Å². The summed E-state index contributed by atoms with van der Waals surface area (Å²) in [6.45, 7) is 2.10. The van der Waals surface area contributed by atoms with E-state index < -0.39 is 12.0 Å². The number of carbonyl (C=O) groups excluding carboxylic acids is 1. The van der Waals surface area contributed by atoms with Gasteiger partial charge in [0.25, 0.3) is 0 Å². The summed E-state index contributed by atoms with van der Waals surface area (Å²) in [4.78, 5) is 23.3. The van der Waals surface area contributed by atoms with E-state index in [-0.39, 0.29) is 18.4 Å². The van der Waals surface area contributed by atoms with Crippen LogP contribution in [0.3, 0.4) is 0 Å². The molecule has 1 saturated carbocycles. The fraction of sp³-hybridized carbons (Fsp3) is 0.375. The van der Waals surface area contributed by atoms with Crippen LogP contribution in [0.15, 0.2) is 30.3 Å². The minimum atomic E-state index is -0.945. The molecular formula is C16H18N2O3. The van der Waals surface area contributed by atoms with Crippen LogP contribution in [0.2, 0.25) is 0 Å². The van der Waals surface area contributed by atoms with Crippen LogP contribution >= 0.6 is 0 Å². The Bertz CT molecular complexity index is 701. The molecule has 1 aromatic heterocycles. The molecule has 3 rings (SSSR count). The monoisotopic (exact) mass is 286 g/mol. The zero-order valence-electron chi connectivity index (χ0n) is 11.9.